The number of hydrogen-bond acceptors (Lipinski definition) is 3. The number of hydrogen-bond donors (Lipinski definition) is 2. The second-order valence-corrected chi connectivity index (χ2v) is 4.01. The highest BCUT2D eigenvalue weighted by Gasteiger charge is 2.16. The van der Waals surface area contributed by atoms with Crippen LogP contribution in [0.3, 0.4) is 0 Å². The van der Waals surface area contributed by atoms with E-state index in [4.69, 9.17) is 4.74 Å². The standard InChI is InChI=1S/C11H19N3O/c1-3-10-8(2)13-11(14-10)6-9-7-12-4-5-15-9/h9,12H,3-7H2,1-2H3,(H,13,14). The van der Waals surface area contributed by atoms with Gasteiger partial charge in [0.25, 0.3) is 0 Å². The molecule has 0 radical (unpaired) electrons. The van der Waals surface area contributed by atoms with Crippen molar-refractivity contribution < 1.29 is 4.74 Å². The SMILES string of the molecule is CCc1nc(CC2CNCCO2)[nH]c1C. The molecule has 0 bridgehead atoms. The maximum Gasteiger partial charge on any atom is 0.109 e. The molecule has 84 valence electrons. The van der Waals surface area contributed by atoms with Gasteiger partial charge in [0, 0.05) is 25.2 Å². The lowest BCUT2D eigenvalue weighted by Crippen LogP contribution is -2.39. The summed E-state index contributed by atoms with van der Waals surface area (Å²) in [4.78, 5) is 7.88. The summed E-state index contributed by atoms with van der Waals surface area (Å²) in [5.41, 5.74) is 2.37. The molecule has 1 atom stereocenters. The first-order valence-corrected chi connectivity index (χ1v) is 5.66. The Bertz CT molecular complexity index is 316. The molecule has 2 rings (SSSR count). The molecular weight excluding hydrogens is 190 g/mol. The van der Waals surface area contributed by atoms with Crippen LogP contribution in [0.15, 0.2) is 0 Å². The lowest BCUT2D eigenvalue weighted by Gasteiger charge is -2.22. The number of morpholine rings is 1. The van der Waals surface area contributed by atoms with E-state index in [9.17, 15) is 0 Å². The summed E-state index contributed by atoms with van der Waals surface area (Å²) >= 11 is 0. The molecule has 1 aliphatic heterocycles. The summed E-state index contributed by atoms with van der Waals surface area (Å²) in [7, 11) is 0. The number of aromatic nitrogens is 2. The van der Waals surface area contributed by atoms with Gasteiger partial charge in [0.2, 0.25) is 0 Å². The third-order valence-corrected chi connectivity index (χ3v) is 2.79. The number of H-pyrrole nitrogens is 1. The maximum atomic E-state index is 5.64. The second-order valence-electron chi connectivity index (χ2n) is 4.01. The largest absolute Gasteiger partial charge is 0.375 e. The van der Waals surface area contributed by atoms with E-state index in [1.807, 2.05) is 0 Å². The number of imidazole rings is 1. The smallest absolute Gasteiger partial charge is 0.109 e. The molecule has 0 aromatic carbocycles. The Morgan fingerprint density at radius 1 is 1.53 bits per heavy atom. The van der Waals surface area contributed by atoms with Crippen molar-refractivity contribution >= 4 is 0 Å². The van der Waals surface area contributed by atoms with Crippen LogP contribution in [-0.2, 0) is 17.6 Å². The third-order valence-electron chi connectivity index (χ3n) is 2.79. The number of ether oxygens (including phenoxy) is 1. The van der Waals surface area contributed by atoms with Crippen LogP contribution < -0.4 is 5.32 Å². The average Bonchev–Trinajstić information content (AvgIpc) is 2.60. The van der Waals surface area contributed by atoms with Crippen LogP contribution in [0.25, 0.3) is 0 Å². The predicted octanol–water partition coefficient (Wildman–Crippen LogP) is 0.811. The summed E-state index contributed by atoms with van der Waals surface area (Å²) in [5, 5.41) is 3.32. The van der Waals surface area contributed by atoms with E-state index in [2.05, 4.69) is 29.1 Å². The fourth-order valence-corrected chi connectivity index (χ4v) is 1.97. The zero-order valence-corrected chi connectivity index (χ0v) is 9.47. The quantitative estimate of drug-likeness (QED) is 0.774. The van der Waals surface area contributed by atoms with Crippen molar-refractivity contribution in [1.29, 1.82) is 0 Å². The van der Waals surface area contributed by atoms with Gasteiger partial charge in [-0.05, 0) is 13.3 Å². The van der Waals surface area contributed by atoms with E-state index in [1.165, 1.54) is 11.4 Å². The van der Waals surface area contributed by atoms with E-state index in [-0.39, 0.29) is 6.10 Å². The fourth-order valence-electron chi connectivity index (χ4n) is 1.97. The van der Waals surface area contributed by atoms with E-state index in [0.29, 0.717) is 0 Å². The Morgan fingerprint density at radius 2 is 2.40 bits per heavy atom. The van der Waals surface area contributed by atoms with Crippen LogP contribution >= 0.6 is 0 Å². The third kappa shape index (κ3) is 2.58. The molecule has 1 aliphatic rings. The Hall–Kier alpha value is -0.870. The number of aryl methyl sites for hydroxylation is 2. The van der Waals surface area contributed by atoms with Crippen molar-refractivity contribution in [3.8, 4) is 0 Å². The van der Waals surface area contributed by atoms with Crippen molar-refractivity contribution in [2.24, 2.45) is 0 Å². The first-order valence-electron chi connectivity index (χ1n) is 5.66. The van der Waals surface area contributed by atoms with E-state index >= 15 is 0 Å². The zero-order valence-electron chi connectivity index (χ0n) is 9.47. The summed E-state index contributed by atoms with van der Waals surface area (Å²) in [6.45, 7) is 6.92. The number of nitrogens with zero attached hydrogens (tertiary/aromatic N) is 1. The van der Waals surface area contributed by atoms with Crippen molar-refractivity contribution in [2.45, 2.75) is 32.8 Å². The van der Waals surface area contributed by atoms with Gasteiger partial charge in [-0.15, -0.1) is 0 Å². The van der Waals surface area contributed by atoms with Crippen LogP contribution in [0.1, 0.15) is 24.1 Å². The van der Waals surface area contributed by atoms with Crippen LogP contribution in [0.2, 0.25) is 0 Å². The van der Waals surface area contributed by atoms with Gasteiger partial charge in [0.15, 0.2) is 0 Å². The van der Waals surface area contributed by atoms with Gasteiger partial charge in [-0.1, -0.05) is 6.92 Å². The Labute approximate surface area is 90.4 Å². The number of rotatable bonds is 3. The van der Waals surface area contributed by atoms with Crippen molar-refractivity contribution in [1.82, 2.24) is 15.3 Å². The summed E-state index contributed by atoms with van der Waals surface area (Å²) in [6.07, 6.45) is 2.15. The predicted molar refractivity (Wildman–Crippen MR) is 59.0 cm³/mol. The molecule has 0 saturated carbocycles. The second kappa shape index (κ2) is 4.77. The average molecular weight is 209 g/mol. The molecule has 1 unspecified atom stereocenters. The van der Waals surface area contributed by atoms with Crippen LogP contribution in [0.4, 0.5) is 0 Å². The normalized spacial score (nSPS) is 21.9. The Morgan fingerprint density at radius 3 is 3.00 bits per heavy atom. The topological polar surface area (TPSA) is 49.9 Å². The summed E-state index contributed by atoms with van der Waals surface area (Å²) in [5.74, 6) is 1.05. The molecule has 2 N–H and O–H groups in total. The van der Waals surface area contributed by atoms with Gasteiger partial charge < -0.3 is 15.0 Å². The zero-order chi connectivity index (χ0) is 10.7. The molecule has 1 aromatic rings. The summed E-state index contributed by atoms with van der Waals surface area (Å²) < 4.78 is 5.64. The summed E-state index contributed by atoms with van der Waals surface area (Å²) in [6, 6.07) is 0. The van der Waals surface area contributed by atoms with Crippen LogP contribution in [0, 0.1) is 6.92 Å². The molecule has 1 fully saturated rings. The molecule has 4 nitrogen and oxygen atoms in total. The highest BCUT2D eigenvalue weighted by atomic mass is 16.5. The van der Waals surface area contributed by atoms with Crippen molar-refractivity contribution in [3.63, 3.8) is 0 Å². The molecule has 4 heteroatoms. The highest BCUT2D eigenvalue weighted by Crippen LogP contribution is 2.09. The molecule has 0 aliphatic carbocycles. The minimum Gasteiger partial charge on any atom is -0.375 e. The fraction of sp³-hybridized carbons (Fsp3) is 0.727. The molecule has 1 aromatic heterocycles. The lowest BCUT2D eigenvalue weighted by atomic mass is 10.2. The molecule has 1 saturated heterocycles. The molecule has 0 amide bonds. The van der Waals surface area contributed by atoms with Gasteiger partial charge in [0.1, 0.15) is 5.82 Å². The van der Waals surface area contributed by atoms with Crippen molar-refractivity contribution in [2.75, 3.05) is 19.7 Å². The lowest BCUT2D eigenvalue weighted by molar-refractivity contribution is 0.0281. The molecule has 15 heavy (non-hydrogen) atoms. The maximum absolute atomic E-state index is 5.64. The van der Waals surface area contributed by atoms with Crippen molar-refractivity contribution in [3.05, 3.63) is 17.2 Å². The van der Waals surface area contributed by atoms with E-state index in [1.54, 1.807) is 0 Å². The Kier molecular flexibility index (Phi) is 3.38. The van der Waals surface area contributed by atoms with E-state index in [0.717, 1.165) is 38.4 Å². The minimum atomic E-state index is 0.272. The number of nitrogens with one attached hydrogen (secondary N) is 2. The van der Waals surface area contributed by atoms with Crippen LogP contribution in [0.5, 0.6) is 0 Å². The molecular formula is C11H19N3O. The monoisotopic (exact) mass is 209 g/mol. The highest BCUT2D eigenvalue weighted by molar-refractivity contribution is 5.13. The van der Waals surface area contributed by atoms with Gasteiger partial charge in [-0.25, -0.2) is 4.98 Å². The first kappa shape index (κ1) is 10.6. The van der Waals surface area contributed by atoms with Crippen LogP contribution in [-0.4, -0.2) is 35.8 Å². The minimum absolute atomic E-state index is 0.272. The van der Waals surface area contributed by atoms with Gasteiger partial charge in [-0.2, -0.15) is 0 Å². The van der Waals surface area contributed by atoms with Gasteiger partial charge in [-0.3, -0.25) is 0 Å². The molecule has 0 spiro atoms. The first-order chi connectivity index (χ1) is 7.29. The van der Waals surface area contributed by atoms with Gasteiger partial charge >= 0.3 is 0 Å². The van der Waals surface area contributed by atoms with Gasteiger partial charge in [0.05, 0.1) is 18.4 Å². The number of aromatic amines is 1. The molecule has 2 heterocycles. The Balaban J connectivity index is 1.97. The van der Waals surface area contributed by atoms with E-state index < -0.39 is 0 Å².